The molecule has 1 saturated heterocycles. The van der Waals surface area contributed by atoms with E-state index in [4.69, 9.17) is 11.6 Å². The van der Waals surface area contributed by atoms with Crippen LogP contribution in [0.15, 0.2) is 17.1 Å². The Morgan fingerprint density at radius 2 is 2.26 bits per heavy atom. The maximum atomic E-state index is 12.5. The van der Waals surface area contributed by atoms with Crippen LogP contribution >= 0.6 is 11.6 Å². The van der Waals surface area contributed by atoms with Crippen molar-refractivity contribution < 1.29 is 4.79 Å². The van der Waals surface area contributed by atoms with Crippen molar-refractivity contribution in [1.29, 1.82) is 0 Å². The molecular weight excluding hydrogens is 264 g/mol. The average molecular weight is 283 g/mol. The Kier molecular flexibility index (Phi) is 4.64. The quantitative estimate of drug-likeness (QED) is 0.846. The molecule has 1 unspecified atom stereocenters. The summed E-state index contributed by atoms with van der Waals surface area (Å²) in [5.41, 5.74) is 0.743. The topological polar surface area (TPSA) is 53.2 Å². The molecule has 1 aromatic rings. The summed E-state index contributed by atoms with van der Waals surface area (Å²) in [5, 5.41) is 0. The van der Waals surface area contributed by atoms with Gasteiger partial charge in [-0.3, -0.25) is 9.59 Å². The Hall–Kier alpha value is -1.29. The van der Waals surface area contributed by atoms with E-state index < -0.39 is 0 Å². The van der Waals surface area contributed by atoms with E-state index in [-0.39, 0.29) is 22.9 Å². The Morgan fingerprint density at radius 1 is 1.47 bits per heavy atom. The van der Waals surface area contributed by atoms with Crippen LogP contribution in [0.5, 0.6) is 0 Å². The number of amides is 1. The predicted octanol–water partition coefficient (Wildman–Crippen LogP) is 2.31. The molecule has 0 aromatic carbocycles. The lowest BCUT2D eigenvalue weighted by molar-refractivity contribution is 0.0698. The number of pyridine rings is 1. The summed E-state index contributed by atoms with van der Waals surface area (Å²) >= 11 is 5.96. The van der Waals surface area contributed by atoms with E-state index in [2.05, 4.69) is 4.98 Å². The molecule has 2 rings (SSSR count). The molecule has 0 spiro atoms. The molecule has 1 fully saturated rings. The SMILES string of the molecule is Cc1cc(=O)c(C(=O)N2CCCCCC2CCl)c[nH]1. The Bertz CT molecular complexity index is 512. The summed E-state index contributed by atoms with van der Waals surface area (Å²) in [5.74, 6) is 0.226. The van der Waals surface area contributed by atoms with E-state index in [1.807, 2.05) is 0 Å². The normalized spacial score (nSPS) is 20.1. The zero-order valence-electron chi connectivity index (χ0n) is 11.1. The minimum absolute atomic E-state index is 0.0392. The lowest BCUT2D eigenvalue weighted by Crippen LogP contribution is -2.42. The Balaban J connectivity index is 2.28. The molecule has 19 heavy (non-hydrogen) atoms. The molecular formula is C14H19ClN2O2. The van der Waals surface area contributed by atoms with Gasteiger partial charge in [-0.15, -0.1) is 11.6 Å². The Morgan fingerprint density at radius 3 is 2.95 bits per heavy atom. The van der Waals surface area contributed by atoms with Gasteiger partial charge in [0.2, 0.25) is 0 Å². The van der Waals surface area contributed by atoms with Gasteiger partial charge in [0.05, 0.1) is 0 Å². The van der Waals surface area contributed by atoms with Crippen LogP contribution in [0.4, 0.5) is 0 Å². The van der Waals surface area contributed by atoms with Crippen molar-refractivity contribution in [1.82, 2.24) is 9.88 Å². The highest BCUT2D eigenvalue weighted by Gasteiger charge is 2.26. The standard InChI is InChI=1S/C14H19ClN2O2/c1-10-7-13(18)12(9-16-10)14(19)17-6-4-2-3-5-11(17)8-15/h7,9,11H,2-6,8H2,1H3,(H,16,18). The van der Waals surface area contributed by atoms with Crippen molar-refractivity contribution in [3.63, 3.8) is 0 Å². The number of nitrogens with one attached hydrogen (secondary N) is 1. The van der Waals surface area contributed by atoms with Crippen molar-refractivity contribution in [2.75, 3.05) is 12.4 Å². The maximum absolute atomic E-state index is 12.5. The number of H-pyrrole nitrogens is 1. The maximum Gasteiger partial charge on any atom is 0.259 e. The summed E-state index contributed by atoms with van der Waals surface area (Å²) in [6, 6.07) is 1.50. The van der Waals surface area contributed by atoms with E-state index in [1.165, 1.54) is 12.3 Å². The molecule has 4 nitrogen and oxygen atoms in total. The molecule has 1 aromatic heterocycles. The minimum Gasteiger partial charge on any atom is -0.364 e. The van der Waals surface area contributed by atoms with Crippen LogP contribution in [0, 0.1) is 6.92 Å². The number of aromatic amines is 1. The summed E-state index contributed by atoms with van der Waals surface area (Å²) in [4.78, 5) is 29.1. The molecule has 0 bridgehead atoms. The van der Waals surface area contributed by atoms with Gasteiger partial charge in [0, 0.05) is 36.4 Å². The first kappa shape index (κ1) is 14.1. The molecule has 0 radical (unpaired) electrons. The summed E-state index contributed by atoms with van der Waals surface area (Å²) in [7, 11) is 0. The summed E-state index contributed by atoms with van der Waals surface area (Å²) < 4.78 is 0. The number of hydrogen-bond donors (Lipinski definition) is 1. The number of hydrogen-bond acceptors (Lipinski definition) is 2. The predicted molar refractivity (Wildman–Crippen MR) is 75.8 cm³/mol. The molecule has 0 saturated carbocycles. The van der Waals surface area contributed by atoms with Crippen molar-refractivity contribution in [3.8, 4) is 0 Å². The van der Waals surface area contributed by atoms with Gasteiger partial charge in [-0.25, -0.2) is 0 Å². The van der Waals surface area contributed by atoms with Gasteiger partial charge in [0.15, 0.2) is 5.43 Å². The molecule has 1 aliphatic heterocycles. The lowest BCUT2D eigenvalue weighted by Gasteiger charge is -2.28. The fourth-order valence-corrected chi connectivity index (χ4v) is 2.82. The van der Waals surface area contributed by atoms with Crippen LogP contribution in [0.25, 0.3) is 0 Å². The average Bonchev–Trinajstić information content (AvgIpc) is 2.63. The number of halogens is 1. The van der Waals surface area contributed by atoms with E-state index in [0.29, 0.717) is 12.4 Å². The number of rotatable bonds is 2. The number of aryl methyl sites for hydroxylation is 1. The van der Waals surface area contributed by atoms with Gasteiger partial charge >= 0.3 is 0 Å². The van der Waals surface area contributed by atoms with E-state index >= 15 is 0 Å². The van der Waals surface area contributed by atoms with Gasteiger partial charge in [0.1, 0.15) is 5.56 Å². The zero-order chi connectivity index (χ0) is 13.8. The van der Waals surface area contributed by atoms with Crippen molar-refractivity contribution in [3.05, 3.63) is 33.7 Å². The van der Waals surface area contributed by atoms with Gasteiger partial charge in [-0.05, 0) is 19.8 Å². The van der Waals surface area contributed by atoms with Crippen molar-refractivity contribution in [2.45, 2.75) is 38.6 Å². The Labute approximate surface area is 117 Å². The second kappa shape index (κ2) is 6.24. The molecule has 2 heterocycles. The van der Waals surface area contributed by atoms with E-state index in [1.54, 1.807) is 11.8 Å². The van der Waals surface area contributed by atoms with Crippen LogP contribution in [-0.2, 0) is 0 Å². The lowest BCUT2D eigenvalue weighted by atomic mass is 10.1. The first-order valence-electron chi connectivity index (χ1n) is 6.69. The number of nitrogens with zero attached hydrogens (tertiary/aromatic N) is 1. The minimum atomic E-state index is -0.223. The number of carbonyl (C=O) groups is 1. The van der Waals surface area contributed by atoms with Crippen LogP contribution in [0.1, 0.15) is 41.7 Å². The van der Waals surface area contributed by atoms with Crippen LogP contribution in [0.3, 0.4) is 0 Å². The molecule has 1 atom stereocenters. The zero-order valence-corrected chi connectivity index (χ0v) is 11.9. The molecule has 104 valence electrons. The first-order chi connectivity index (χ1) is 9.13. The van der Waals surface area contributed by atoms with Crippen molar-refractivity contribution >= 4 is 17.5 Å². The van der Waals surface area contributed by atoms with Gasteiger partial charge in [-0.2, -0.15) is 0 Å². The number of aromatic nitrogens is 1. The number of likely N-dealkylation sites (tertiary alicyclic amines) is 1. The highest BCUT2D eigenvalue weighted by molar-refractivity contribution is 6.18. The van der Waals surface area contributed by atoms with Gasteiger partial charge in [0.25, 0.3) is 5.91 Å². The van der Waals surface area contributed by atoms with E-state index in [9.17, 15) is 9.59 Å². The second-order valence-corrected chi connectivity index (χ2v) is 5.36. The van der Waals surface area contributed by atoms with E-state index in [0.717, 1.165) is 31.4 Å². The van der Waals surface area contributed by atoms with Gasteiger partial charge in [-0.1, -0.05) is 12.8 Å². The second-order valence-electron chi connectivity index (χ2n) is 5.05. The fraction of sp³-hybridized carbons (Fsp3) is 0.571. The van der Waals surface area contributed by atoms with Crippen molar-refractivity contribution in [2.24, 2.45) is 0 Å². The highest BCUT2D eigenvalue weighted by atomic mass is 35.5. The third-order valence-corrected chi connectivity index (χ3v) is 3.96. The third kappa shape index (κ3) is 3.18. The third-order valence-electron chi connectivity index (χ3n) is 3.60. The summed E-state index contributed by atoms with van der Waals surface area (Å²) in [6.07, 6.45) is 5.60. The van der Waals surface area contributed by atoms with Crippen LogP contribution < -0.4 is 5.43 Å². The largest absolute Gasteiger partial charge is 0.364 e. The number of carbonyl (C=O) groups excluding carboxylic acids is 1. The highest BCUT2D eigenvalue weighted by Crippen LogP contribution is 2.19. The van der Waals surface area contributed by atoms with Crippen LogP contribution in [0.2, 0.25) is 0 Å². The summed E-state index contributed by atoms with van der Waals surface area (Å²) in [6.45, 7) is 2.48. The molecule has 1 N–H and O–H groups in total. The smallest absolute Gasteiger partial charge is 0.259 e. The molecule has 0 aliphatic carbocycles. The van der Waals surface area contributed by atoms with Crippen LogP contribution in [-0.4, -0.2) is 34.3 Å². The molecule has 1 amide bonds. The molecule has 5 heteroatoms. The fourth-order valence-electron chi connectivity index (χ4n) is 2.50. The number of alkyl halides is 1. The monoisotopic (exact) mass is 282 g/mol. The first-order valence-corrected chi connectivity index (χ1v) is 7.23. The molecule has 1 aliphatic rings. The van der Waals surface area contributed by atoms with Gasteiger partial charge < -0.3 is 9.88 Å².